The molecule has 0 saturated carbocycles. The SMILES string of the molecule is CC1(C)CC(=O)C2=C(N1)c1[nH]c(=O)[nH]c1CC2. The summed E-state index contributed by atoms with van der Waals surface area (Å²) in [6.07, 6.45) is 1.94. The first-order valence-electron chi connectivity index (χ1n) is 5.82. The predicted molar refractivity (Wildman–Crippen MR) is 63.5 cm³/mol. The number of ketones is 1. The first-order chi connectivity index (χ1) is 7.96. The lowest BCUT2D eigenvalue weighted by molar-refractivity contribution is -0.117. The van der Waals surface area contributed by atoms with Crippen molar-refractivity contribution in [1.82, 2.24) is 15.3 Å². The van der Waals surface area contributed by atoms with E-state index in [2.05, 4.69) is 15.3 Å². The Balaban J connectivity index is 2.18. The molecule has 5 nitrogen and oxygen atoms in total. The van der Waals surface area contributed by atoms with Crippen molar-refractivity contribution in [3.05, 3.63) is 27.4 Å². The Morgan fingerprint density at radius 3 is 2.65 bits per heavy atom. The zero-order chi connectivity index (χ0) is 12.2. The molecule has 2 aliphatic rings. The number of carbonyl (C=O) groups is 1. The van der Waals surface area contributed by atoms with Gasteiger partial charge < -0.3 is 15.3 Å². The molecule has 3 N–H and O–H groups in total. The standard InChI is InChI=1S/C12H15N3O2/c1-12(2)5-8(16)6-3-4-7-10(9(6)15-12)14-11(17)13-7/h15H,3-5H2,1-2H3,(H2,13,14,17). The molecule has 5 heteroatoms. The maximum Gasteiger partial charge on any atom is 0.323 e. The normalized spacial score (nSPS) is 21.9. The molecule has 0 spiro atoms. The number of aryl methyl sites for hydroxylation is 1. The van der Waals surface area contributed by atoms with Crippen LogP contribution in [-0.2, 0) is 11.2 Å². The number of fused-ring (bicyclic) bond motifs is 2. The lowest BCUT2D eigenvalue weighted by atomic mass is 9.83. The van der Waals surface area contributed by atoms with E-state index in [1.165, 1.54) is 0 Å². The summed E-state index contributed by atoms with van der Waals surface area (Å²) in [6.45, 7) is 3.99. The molecule has 0 amide bonds. The maximum atomic E-state index is 12.1. The molecule has 3 rings (SSSR count). The highest BCUT2D eigenvalue weighted by molar-refractivity contribution is 6.05. The van der Waals surface area contributed by atoms with Gasteiger partial charge in [-0.25, -0.2) is 4.79 Å². The van der Waals surface area contributed by atoms with Crippen molar-refractivity contribution in [3.63, 3.8) is 0 Å². The topological polar surface area (TPSA) is 77.8 Å². The highest BCUT2D eigenvalue weighted by Gasteiger charge is 2.36. The van der Waals surface area contributed by atoms with Gasteiger partial charge in [0.1, 0.15) is 0 Å². The summed E-state index contributed by atoms with van der Waals surface area (Å²) in [7, 11) is 0. The second-order valence-electron chi connectivity index (χ2n) is 5.40. The molecule has 17 heavy (non-hydrogen) atoms. The van der Waals surface area contributed by atoms with E-state index < -0.39 is 0 Å². The summed E-state index contributed by atoms with van der Waals surface area (Å²) in [6, 6.07) is 0. The van der Waals surface area contributed by atoms with E-state index >= 15 is 0 Å². The van der Waals surface area contributed by atoms with Gasteiger partial charge in [0.25, 0.3) is 0 Å². The molecule has 0 bridgehead atoms. The summed E-state index contributed by atoms with van der Waals surface area (Å²) < 4.78 is 0. The first kappa shape index (κ1) is 10.4. The molecule has 1 aliphatic carbocycles. The minimum Gasteiger partial charge on any atom is -0.378 e. The van der Waals surface area contributed by atoms with E-state index in [0.29, 0.717) is 12.8 Å². The van der Waals surface area contributed by atoms with Crippen molar-refractivity contribution in [1.29, 1.82) is 0 Å². The van der Waals surface area contributed by atoms with Gasteiger partial charge in [-0.1, -0.05) is 0 Å². The van der Waals surface area contributed by atoms with Gasteiger partial charge >= 0.3 is 5.69 Å². The number of Topliss-reactive ketones (excluding diaryl/α,β-unsaturated/α-hetero) is 1. The number of rotatable bonds is 0. The smallest absolute Gasteiger partial charge is 0.323 e. The minimum atomic E-state index is -0.251. The van der Waals surface area contributed by atoms with Crippen LogP contribution in [0.5, 0.6) is 0 Å². The minimum absolute atomic E-state index is 0.191. The Morgan fingerprint density at radius 1 is 1.12 bits per heavy atom. The van der Waals surface area contributed by atoms with Crippen LogP contribution >= 0.6 is 0 Å². The maximum absolute atomic E-state index is 12.1. The summed E-state index contributed by atoms with van der Waals surface area (Å²) in [5.41, 5.74) is 2.84. The Hall–Kier alpha value is -1.78. The van der Waals surface area contributed by atoms with Gasteiger partial charge in [0.15, 0.2) is 5.78 Å². The number of allylic oxidation sites excluding steroid dienone is 1. The number of H-pyrrole nitrogens is 2. The number of aromatic amines is 2. The second-order valence-corrected chi connectivity index (χ2v) is 5.40. The van der Waals surface area contributed by atoms with Gasteiger partial charge in [-0.3, -0.25) is 4.79 Å². The zero-order valence-corrected chi connectivity index (χ0v) is 9.94. The van der Waals surface area contributed by atoms with Crippen molar-refractivity contribution in [2.75, 3.05) is 0 Å². The van der Waals surface area contributed by atoms with Gasteiger partial charge in [0.2, 0.25) is 0 Å². The third-order valence-corrected chi connectivity index (χ3v) is 3.38. The van der Waals surface area contributed by atoms with Crippen LogP contribution in [0.2, 0.25) is 0 Å². The largest absolute Gasteiger partial charge is 0.378 e. The molecule has 0 aromatic carbocycles. The molecular weight excluding hydrogens is 218 g/mol. The van der Waals surface area contributed by atoms with Gasteiger partial charge in [-0.15, -0.1) is 0 Å². The average molecular weight is 233 g/mol. The van der Waals surface area contributed by atoms with Crippen molar-refractivity contribution >= 4 is 11.5 Å². The van der Waals surface area contributed by atoms with Crippen LogP contribution in [0, 0.1) is 0 Å². The molecule has 0 saturated heterocycles. The quantitative estimate of drug-likeness (QED) is 0.617. The Kier molecular flexibility index (Phi) is 1.91. The van der Waals surface area contributed by atoms with Gasteiger partial charge in [-0.05, 0) is 26.7 Å². The van der Waals surface area contributed by atoms with E-state index in [1.807, 2.05) is 13.8 Å². The number of hydrogen-bond acceptors (Lipinski definition) is 3. The molecule has 0 atom stereocenters. The van der Waals surface area contributed by atoms with Gasteiger partial charge in [0, 0.05) is 23.2 Å². The van der Waals surface area contributed by atoms with Crippen molar-refractivity contribution in [2.45, 2.75) is 38.6 Å². The molecule has 0 fully saturated rings. The molecule has 90 valence electrons. The summed E-state index contributed by atoms with van der Waals surface area (Å²) in [5.74, 6) is 0.191. The molecule has 0 unspecified atom stereocenters. The zero-order valence-electron chi connectivity index (χ0n) is 9.94. The number of hydrogen-bond donors (Lipinski definition) is 3. The lowest BCUT2D eigenvalue weighted by Gasteiger charge is -2.36. The monoisotopic (exact) mass is 233 g/mol. The predicted octanol–water partition coefficient (Wildman–Crippen LogP) is 0.701. The third kappa shape index (κ3) is 1.53. The lowest BCUT2D eigenvalue weighted by Crippen LogP contribution is -2.45. The molecular formula is C12H15N3O2. The van der Waals surface area contributed by atoms with E-state index in [9.17, 15) is 9.59 Å². The molecule has 1 aromatic heterocycles. The Labute approximate surface area is 98.3 Å². The molecule has 1 aromatic rings. The van der Waals surface area contributed by atoms with Crippen molar-refractivity contribution in [2.24, 2.45) is 0 Å². The number of aromatic nitrogens is 2. The highest BCUT2D eigenvalue weighted by atomic mass is 16.1. The van der Waals surface area contributed by atoms with E-state index in [-0.39, 0.29) is 17.0 Å². The van der Waals surface area contributed by atoms with E-state index in [0.717, 1.165) is 29.1 Å². The Morgan fingerprint density at radius 2 is 1.88 bits per heavy atom. The van der Waals surface area contributed by atoms with Crippen molar-refractivity contribution in [3.8, 4) is 0 Å². The van der Waals surface area contributed by atoms with Crippen LogP contribution in [0.3, 0.4) is 0 Å². The molecule has 1 aliphatic heterocycles. The van der Waals surface area contributed by atoms with E-state index in [4.69, 9.17) is 0 Å². The number of nitrogens with one attached hydrogen (secondary N) is 3. The molecule has 0 radical (unpaired) electrons. The fourth-order valence-electron chi connectivity index (χ4n) is 2.65. The van der Waals surface area contributed by atoms with Crippen LogP contribution in [0.4, 0.5) is 0 Å². The van der Waals surface area contributed by atoms with Gasteiger partial charge in [-0.2, -0.15) is 0 Å². The number of imidazole rings is 1. The van der Waals surface area contributed by atoms with Crippen LogP contribution in [0.1, 0.15) is 38.1 Å². The van der Waals surface area contributed by atoms with E-state index in [1.54, 1.807) is 0 Å². The summed E-state index contributed by atoms with van der Waals surface area (Å²) in [5, 5.41) is 3.36. The average Bonchev–Trinajstić information content (AvgIpc) is 2.57. The fraction of sp³-hybridized carbons (Fsp3) is 0.500. The highest BCUT2D eigenvalue weighted by Crippen LogP contribution is 2.34. The second kappa shape index (κ2) is 3.12. The molecule has 2 heterocycles. The Bertz CT molecular complexity index is 589. The van der Waals surface area contributed by atoms with Crippen LogP contribution in [0.15, 0.2) is 10.4 Å². The number of carbonyl (C=O) groups excluding carboxylic acids is 1. The summed E-state index contributed by atoms with van der Waals surface area (Å²) in [4.78, 5) is 28.9. The summed E-state index contributed by atoms with van der Waals surface area (Å²) >= 11 is 0. The van der Waals surface area contributed by atoms with Gasteiger partial charge in [0.05, 0.1) is 11.4 Å². The fourth-order valence-corrected chi connectivity index (χ4v) is 2.65. The first-order valence-corrected chi connectivity index (χ1v) is 5.82. The third-order valence-electron chi connectivity index (χ3n) is 3.38. The van der Waals surface area contributed by atoms with Crippen LogP contribution < -0.4 is 11.0 Å². The van der Waals surface area contributed by atoms with Crippen LogP contribution in [-0.4, -0.2) is 21.3 Å². The van der Waals surface area contributed by atoms with Crippen molar-refractivity contribution < 1.29 is 4.79 Å². The van der Waals surface area contributed by atoms with Crippen LogP contribution in [0.25, 0.3) is 5.70 Å².